The molecule has 0 bridgehead atoms. The molecule has 0 saturated carbocycles. The quantitative estimate of drug-likeness (QED) is 0.770. The Labute approximate surface area is 93.7 Å². The SMILES string of the molecule is COc1nccc(C)c1-c1ccc(F)cc1. The van der Waals surface area contributed by atoms with Crippen LogP contribution in [0.4, 0.5) is 4.39 Å². The molecule has 0 spiro atoms. The highest BCUT2D eigenvalue weighted by atomic mass is 19.1. The maximum absolute atomic E-state index is 12.8. The first kappa shape index (κ1) is 10.6. The molecule has 1 aromatic carbocycles. The highest BCUT2D eigenvalue weighted by molar-refractivity contribution is 5.71. The largest absolute Gasteiger partial charge is 0.481 e. The third-order valence-corrected chi connectivity index (χ3v) is 2.45. The number of aromatic nitrogens is 1. The van der Waals surface area contributed by atoms with Crippen LogP contribution in [0, 0.1) is 12.7 Å². The highest BCUT2D eigenvalue weighted by Gasteiger charge is 2.09. The number of ether oxygens (including phenoxy) is 1. The minimum atomic E-state index is -0.246. The first-order valence-corrected chi connectivity index (χ1v) is 4.98. The summed E-state index contributed by atoms with van der Waals surface area (Å²) < 4.78 is 18.0. The molecule has 3 heteroatoms. The molecule has 1 heterocycles. The number of methoxy groups -OCH3 is 1. The second-order valence-corrected chi connectivity index (χ2v) is 3.52. The molecule has 82 valence electrons. The van der Waals surface area contributed by atoms with Gasteiger partial charge in [-0.05, 0) is 36.2 Å². The zero-order valence-electron chi connectivity index (χ0n) is 9.20. The summed E-state index contributed by atoms with van der Waals surface area (Å²) in [6.45, 7) is 1.98. The standard InChI is InChI=1S/C13H12FNO/c1-9-7-8-15-13(16-2)12(9)10-3-5-11(14)6-4-10/h3-8H,1-2H3. The maximum Gasteiger partial charge on any atom is 0.221 e. The van der Waals surface area contributed by atoms with Crippen molar-refractivity contribution in [2.75, 3.05) is 7.11 Å². The molecule has 0 fully saturated rings. The van der Waals surface area contributed by atoms with Gasteiger partial charge in [0, 0.05) is 11.8 Å². The summed E-state index contributed by atoms with van der Waals surface area (Å²) in [6, 6.07) is 8.22. The van der Waals surface area contributed by atoms with Gasteiger partial charge in [-0.3, -0.25) is 0 Å². The minimum Gasteiger partial charge on any atom is -0.481 e. The predicted octanol–water partition coefficient (Wildman–Crippen LogP) is 3.20. The average Bonchev–Trinajstić information content (AvgIpc) is 2.30. The Morgan fingerprint density at radius 3 is 2.44 bits per heavy atom. The Morgan fingerprint density at radius 2 is 1.81 bits per heavy atom. The van der Waals surface area contributed by atoms with Crippen molar-refractivity contribution in [2.45, 2.75) is 6.92 Å². The summed E-state index contributed by atoms with van der Waals surface area (Å²) in [7, 11) is 1.58. The molecule has 2 nitrogen and oxygen atoms in total. The van der Waals surface area contributed by atoms with Crippen molar-refractivity contribution in [2.24, 2.45) is 0 Å². The van der Waals surface area contributed by atoms with Crippen molar-refractivity contribution in [3.8, 4) is 17.0 Å². The van der Waals surface area contributed by atoms with Crippen LogP contribution >= 0.6 is 0 Å². The molecule has 0 saturated heterocycles. The van der Waals surface area contributed by atoms with E-state index in [9.17, 15) is 4.39 Å². The fourth-order valence-electron chi connectivity index (χ4n) is 1.66. The van der Waals surface area contributed by atoms with Crippen LogP contribution in [-0.4, -0.2) is 12.1 Å². The molecule has 16 heavy (non-hydrogen) atoms. The minimum absolute atomic E-state index is 0.246. The van der Waals surface area contributed by atoms with Gasteiger partial charge >= 0.3 is 0 Å². The molecule has 0 amide bonds. The second kappa shape index (κ2) is 4.31. The number of benzene rings is 1. The average molecular weight is 217 g/mol. The van der Waals surface area contributed by atoms with Crippen molar-refractivity contribution in [3.05, 3.63) is 47.9 Å². The molecule has 0 aliphatic heterocycles. The third kappa shape index (κ3) is 1.89. The molecular weight excluding hydrogens is 205 g/mol. The Balaban J connectivity index is 2.58. The fraction of sp³-hybridized carbons (Fsp3) is 0.154. The lowest BCUT2D eigenvalue weighted by atomic mass is 10.0. The summed E-state index contributed by atoms with van der Waals surface area (Å²) in [5, 5.41) is 0. The van der Waals surface area contributed by atoms with E-state index in [1.165, 1.54) is 12.1 Å². The van der Waals surface area contributed by atoms with Gasteiger partial charge in [0.15, 0.2) is 0 Å². The van der Waals surface area contributed by atoms with E-state index in [0.29, 0.717) is 5.88 Å². The van der Waals surface area contributed by atoms with Gasteiger partial charge in [-0.25, -0.2) is 9.37 Å². The molecule has 0 aliphatic rings. The van der Waals surface area contributed by atoms with Crippen LogP contribution in [0.5, 0.6) is 5.88 Å². The van der Waals surface area contributed by atoms with E-state index in [1.54, 1.807) is 25.4 Å². The van der Waals surface area contributed by atoms with Gasteiger partial charge in [0.2, 0.25) is 5.88 Å². The van der Waals surface area contributed by atoms with Crippen LogP contribution in [0.1, 0.15) is 5.56 Å². The van der Waals surface area contributed by atoms with Gasteiger partial charge in [0.25, 0.3) is 0 Å². The van der Waals surface area contributed by atoms with Gasteiger partial charge in [-0.2, -0.15) is 0 Å². The van der Waals surface area contributed by atoms with Crippen molar-refractivity contribution >= 4 is 0 Å². The molecule has 0 N–H and O–H groups in total. The molecule has 0 atom stereocenters. The number of rotatable bonds is 2. The molecular formula is C13H12FNO. The number of nitrogens with zero attached hydrogens (tertiary/aromatic N) is 1. The van der Waals surface area contributed by atoms with Crippen molar-refractivity contribution in [1.29, 1.82) is 0 Å². The molecule has 1 aromatic heterocycles. The number of hydrogen-bond acceptors (Lipinski definition) is 2. The van der Waals surface area contributed by atoms with E-state index in [4.69, 9.17) is 4.74 Å². The lowest BCUT2D eigenvalue weighted by molar-refractivity contribution is 0.399. The van der Waals surface area contributed by atoms with E-state index >= 15 is 0 Å². The number of pyridine rings is 1. The Hall–Kier alpha value is -1.90. The summed E-state index contributed by atoms with van der Waals surface area (Å²) >= 11 is 0. The number of halogens is 1. The lowest BCUT2D eigenvalue weighted by Crippen LogP contribution is -1.93. The molecule has 0 radical (unpaired) electrons. The summed E-state index contributed by atoms with van der Waals surface area (Å²) in [4.78, 5) is 4.14. The monoisotopic (exact) mass is 217 g/mol. The van der Waals surface area contributed by atoms with E-state index in [0.717, 1.165) is 16.7 Å². The first-order valence-electron chi connectivity index (χ1n) is 4.98. The fourth-order valence-corrected chi connectivity index (χ4v) is 1.66. The smallest absolute Gasteiger partial charge is 0.221 e. The maximum atomic E-state index is 12.8. The van der Waals surface area contributed by atoms with E-state index < -0.39 is 0 Å². The summed E-state index contributed by atoms with van der Waals surface area (Å²) in [5.41, 5.74) is 2.87. The van der Waals surface area contributed by atoms with Crippen molar-refractivity contribution < 1.29 is 9.13 Å². The number of aryl methyl sites for hydroxylation is 1. The van der Waals surface area contributed by atoms with Crippen LogP contribution in [0.25, 0.3) is 11.1 Å². The van der Waals surface area contributed by atoms with E-state index in [-0.39, 0.29) is 5.82 Å². The summed E-state index contributed by atoms with van der Waals surface area (Å²) in [5.74, 6) is 0.316. The Morgan fingerprint density at radius 1 is 1.12 bits per heavy atom. The molecule has 0 aliphatic carbocycles. The van der Waals surface area contributed by atoms with Gasteiger partial charge < -0.3 is 4.74 Å². The van der Waals surface area contributed by atoms with Crippen LogP contribution in [0.2, 0.25) is 0 Å². The van der Waals surface area contributed by atoms with Gasteiger partial charge in [0.05, 0.1) is 7.11 Å². The van der Waals surface area contributed by atoms with Gasteiger partial charge in [-0.15, -0.1) is 0 Å². The Bertz CT molecular complexity index is 494. The zero-order chi connectivity index (χ0) is 11.5. The van der Waals surface area contributed by atoms with Crippen LogP contribution in [0.3, 0.4) is 0 Å². The third-order valence-electron chi connectivity index (χ3n) is 2.45. The predicted molar refractivity (Wildman–Crippen MR) is 60.9 cm³/mol. The Kier molecular flexibility index (Phi) is 2.86. The van der Waals surface area contributed by atoms with Crippen LogP contribution < -0.4 is 4.74 Å². The molecule has 2 rings (SSSR count). The lowest BCUT2D eigenvalue weighted by Gasteiger charge is -2.10. The second-order valence-electron chi connectivity index (χ2n) is 3.52. The van der Waals surface area contributed by atoms with Crippen LogP contribution in [0.15, 0.2) is 36.5 Å². The van der Waals surface area contributed by atoms with Gasteiger partial charge in [0.1, 0.15) is 5.82 Å². The van der Waals surface area contributed by atoms with Gasteiger partial charge in [-0.1, -0.05) is 12.1 Å². The first-order chi connectivity index (χ1) is 7.72. The van der Waals surface area contributed by atoms with Crippen molar-refractivity contribution in [1.82, 2.24) is 4.98 Å². The van der Waals surface area contributed by atoms with Crippen molar-refractivity contribution in [3.63, 3.8) is 0 Å². The van der Waals surface area contributed by atoms with Crippen LogP contribution in [-0.2, 0) is 0 Å². The molecule has 2 aromatic rings. The number of hydrogen-bond donors (Lipinski definition) is 0. The van der Waals surface area contributed by atoms with E-state index in [1.807, 2.05) is 13.0 Å². The zero-order valence-corrected chi connectivity index (χ0v) is 9.20. The van der Waals surface area contributed by atoms with E-state index in [2.05, 4.69) is 4.98 Å². The molecule has 0 unspecified atom stereocenters. The topological polar surface area (TPSA) is 22.1 Å². The highest BCUT2D eigenvalue weighted by Crippen LogP contribution is 2.30. The summed E-state index contributed by atoms with van der Waals surface area (Å²) in [6.07, 6.45) is 1.70. The normalized spacial score (nSPS) is 10.2.